The van der Waals surface area contributed by atoms with Crippen LogP contribution in [-0.4, -0.2) is 6.61 Å². The Labute approximate surface area is 123 Å². The third-order valence-corrected chi connectivity index (χ3v) is 5.43. The fourth-order valence-electron chi connectivity index (χ4n) is 3.54. The normalized spacial score (nSPS) is 28.4. The Balaban J connectivity index is 1.79. The van der Waals surface area contributed by atoms with E-state index in [-0.39, 0.29) is 6.10 Å². The summed E-state index contributed by atoms with van der Waals surface area (Å²) in [6.07, 6.45) is 2.67. The van der Waals surface area contributed by atoms with Gasteiger partial charge in [-0.1, -0.05) is 23.8 Å². The van der Waals surface area contributed by atoms with Gasteiger partial charge in [-0.15, -0.1) is 11.3 Å². The quantitative estimate of drug-likeness (QED) is 0.820. The number of rotatable bonds is 1. The second kappa shape index (κ2) is 4.90. The van der Waals surface area contributed by atoms with Gasteiger partial charge in [-0.2, -0.15) is 0 Å². The van der Waals surface area contributed by atoms with Gasteiger partial charge in [0.2, 0.25) is 0 Å². The summed E-state index contributed by atoms with van der Waals surface area (Å²) in [6.45, 7) is 3.05. The average molecular weight is 285 g/mol. The van der Waals surface area contributed by atoms with E-state index in [9.17, 15) is 0 Å². The van der Waals surface area contributed by atoms with Crippen molar-refractivity contribution in [2.45, 2.75) is 31.9 Å². The van der Waals surface area contributed by atoms with E-state index in [1.54, 1.807) is 0 Å². The molecule has 0 amide bonds. The van der Waals surface area contributed by atoms with Crippen LogP contribution in [0.2, 0.25) is 0 Å². The van der Waals surface area contributed by atoms with Crippen molar-refractivity contribution in [2.24, 2.45) is 5.92 Å². The summed E-state index contributed by atoms with van der Waals surface area (Å²) in [4.78, 5) is 1.43. The summed E-state index contributed by atoms with van der Waals surface area (Å²) >= 11 is 1.84. The van der Waals surface area contributed by atoms with Crippen molar-refractivity contribution in [1.29, 1.82) is 0 Å². The van der Waals surface area contributed by atoms with Gasteiger partial charge in [0.15, 0.2) is 0 Å². The molecule has 2 aliphatic rings. The molecule has 0 aliphatic carbocycles. The number of nitrogens with one attached hydrogen (secondary N) is 1. The van der Waals surface area contributed by atoms with E-state index >= 15 is 0 Å². The summed E-state index contributed by atoms with van der Waals surface area (Å²) in [5.41, 5.74) is 3.91. The highest BCUT2D eigenvalue weighted by molar-refractivity contribution is 7.10. The van der Waals surface area contributed by atoms with Crippen LogP contribution in [0.5, 0.6) is 0 Å². The first-order valence-corrected chi connectivity index (χ1v) is 8.23. The summed E-state index contributed by atoms with van der Waals surface area (Å²) in [5, 5.41) is 5.92. The number of ether oxygens (including phenoxy) is 1. The summed E-state index contributed by atoms with van der Waals surface area (Å²) in [6, 6.07) is 11.5. The van der Waals surface area contributed by atoms with Gasteiger partial charge in [-0.3, -0.25) is 0 Å². The maximum absolute atomic E-state index is 6.16. The first kappa shape index (κ1) is 12.4. The molecule has 0 bridgehead atoms. The molecule has 1 fully saturated rings. The predicted octanol–water partition coefficient (Wildman–Crippen LogP) is 4.69. The lowest BCUT2D eigenvalue weighted by Gasteiger charge is -2.43. The molecule has 2 aromatic rings. The molecule has 3 heteroatoms. The van der Waals surface area contributed by atoms with Crippen molar-refractivity contribution < 1.29 is 4.74 Å². The van der Waals surface area contributed by atoms with Gasteiger partial charge in [-0.05, 0) is 37.3 Å². The molecule has 1 N–H and O–H groups in total. The molecule has 104 valence electrons. The maximum Gasteiger partial charge on any atom is 0.0896 e. The van der Waals surface area contributed by atoms with Crippen molar-refractivity contribution in [3.05, 3.63) is 51.7 Å². The van der Waals surface area contributed by atoms with E-state index in [2.05, 4.69) is 48.0 Å². The lowest BCUT2D eigenvalue weighted by molar-refractivity contribution is -0.0378. The van der Waals surface area contributed by atoms with Crippen LogP contribution < -0.4 is 5.32 Å². The zero-order valence-corrected chi connectivity index (χ0v) is 12.5. The minimum atomic E-state index is 0.256. The fourth-order valence-corrected chi connectivity index (χ4v) is 4.39. The molecule has 2 nitrogen and oxygen atoms in total. The zero-order valence-electron chi connectivity index (χ0n) is 11.6. The second-order valence-electron chi connectivity index (χ2n) is 5.83. The van der Waals surface area contributed by atoms with Gasteiger partial charge in [0.05, 0.1) is 12.1 Å². The zero-order chi connectivity index (χ0) is 13.5. The lowest BCUT2D eigenvalue weighted by atomic mass is 9.79. The van der Waals surface area contributed by atoms with Crippen molar-refractivity contribution in [3.63, 3.8) is 0 Å². The molecule has 0 saturated carbocycles. The monoisotopic (exact) mass is 285 g/mol. The molecule has 4 rings (SSSR count). The third kappa shape index (κ3) is 1.97. The Bertz CT molecular complexity index is 607. The highest BCUT2D eigenvalue weighted by Crippen LogP contribution is 2.49. The van der Waals surface area contributed by atoms with Crippen LogP contribution in [0.1, 0.15) is 41.0 Å². The van der Waals surface area contributed by atoms with E-state index in [0.29, 0.717) is 12.0 Å². The topological polar surface area (TPSA) is 21.3 Å². The standard InChI is InChI=1S/C17H19NOS/c1-11-6-7-14-13(10-11)17-12(4-2-8-19-17)16(18-14)15-5-3-9-20-15/h3,5-7,9-10,12,16-18H,2,4,8H2,1H3/t12-,16-,17+/m0/s1. The number of fused-ring (bicyclic) bond motifs is 3. The first-order valence-electron chi connectivity index (χ1n) is 7.35. The van der Waals surface area contributed by atoms with Gasteiger partial charge in [0.1, 0.15) is 0 Å². The van der Waals surface area contributed by atoms with Gasteiger partial charge >= 0.3 is 0 Å². The molecule has 20 heavy (non-hydrogen) atoms. The van der Waals surface area contributed by atoms with Gasteiger partial charge in [-0.25, -0.2) is 0 Å². The second-order valence-corrected chi connectivity index (χ2v) is 6.80. The minimum absolute atomic E-state index is 0.256. The van der Waals surface area contributed by atoms with Gasteiger partial charge in [0, 0.05) is 28.7 Å². The summed E-state index contributed by atoms with van der Waals surface area (Å²) < 4.78 is 6.16. The van der Waals surface area contributed by atoms with Crippen LogP contribution in [0.25, 0.3) is 0 Å². The Morgan fingerprint density at radius 1 is 1.30 bits per heavy atom. The van der Waals surface area contributed by atoms with E-state index in [1.165, 1.54) is 34.5 Å². The van der Waals surface area contributed by atoms with E-state index in [0.717, 1.165) is 6.61 Å². The summed E-state index contributed by atoms with van der Waals surface area (Å²) in [5.74, 6) is 0.552. The summed E-state index contributed by atoms with van der Waals surface area (Å²) in [7, 11) is 0. The maximum atomic E-state index is 6.16. The molecule has 1 saturated heterocycles. The smallest absolute Gasteiger partial charge is 0.0896 e. The van der Waals surface area contributed by atoms with Gasteiger partial charge in [0.25, 0.3) is 0 Å². The molecule has 1 aromatic heterocycles. The van der Waals surface area contributed by atoms with Crippen LogP contribution in [0, 0.1) is 12.8 Å². The molecule has 0 spiro atoms. The van der Waals surface area contributed by atoms with Gasteiger partial charge < -0.3 is 10.1 Å². The molecule has 3 atom stereocenters. The largest absolute Gasteiger partial charge is 0.377 e. The molecule has 0 unspecified atom stereocenters. The number of aryl methyl sites for hydroxylation is 1. The number of benzene rings is 1. The molecule has 0 radical (unpaired) electrons. The molecule has 1 aromatic carbocycles. The minimum Gasteiger partial charge on any atom is -0.377 e. The van der Waals surface area contributed by atoms with Crippen LogP contribution in [0.3, 0.4) is 0 Å². The van der Waals surface area contributed by atoms with Crippen molar-refractivity contribution in [2.75, 3.05) is 11.9 Å². The lowest BCUT2D eigenvalue weighted by Crippen LogP contribution is -2.35. The molecule has 2 aliphatic heterocycles. The predicted molar refractivity (Wildman–Crippen MR) is 83.3 cm³/mol. The molecule has 3 heterocycles. The van der Waals surface area contributed by atoms with Crippen molar-refractivity contribution in [3.8, 4) is 0 Å². The van der Waals surface area contributed by atoms with Crippen LogP contribution in [-0.2, 0) is 4.74 Å². The van der Waals surface area contributed by atoms with Crippen LogP contribution in [0.4, 0.5) is 5.69 Å². The Morgan fingerprint density at radius 2 is 2.25 bits per heavy atom. The van der Waals surface area contributed by atoms with E-state index in [4.69, 9.17) is 4.74 Å². The number of hydrogen-bond donors (Lipinski definition) is 1. The third-order valence-electron chi connectivity index (χ3n) is 4.47. The number of anilines is 1. The van der Waals surface area contributed by atoms with Crippen LogP contribution in [0.15, 0.2) is 35.7 Å². The SMILES string of the molecule is Cc1ccc2c(c1)[C@@H]1OCCC[C@H]1[C@@H](c1cccs1)N2. The fraction of sp³-hybridized carbons (Fsp3) is 0.412. The Hall–Kier alpha value is -1.32. The number of hydrogen-bond acceptors (Lipinski definition) is 3. The van der Waals surface area contributed by atoms with Crippen LogP contribution >= 0.6 is 11.3 Å². The first-order chi connectivity index (χ1) is 9.83. The molecular formula is C17H19NOS. The Kier molecular flexibility index (Phi) is 3.04. The highest BCUT2D eigenvalue weighted by Gasteiger charge is 2.40. The van der Waals surface area contributed by atoms with Crippen molar-refractivity contribution >= 4 is 17.0 Å². The number of thiophene rings is 1. The van der Waals surface area contributed by atoms with Crippen molar-refractivity contribution in [1.82, 2.24) is 0 Å². The molecular weight excluding hydrogens is 266 g/mol. The van der Waals surface area contributed by atoms with E-state index < -0.39 is 0 Å². The van der Waals surface area contributed by atoms with E-state index in [1.807, 2.05) is 11.3 Å². The highest BCUT2D eigenvalue weighted by atomic mass is 32.1. The Morgan fingerprint density at radius 3 is 3.10 bits per heavy atom. The average Bonchev–Trinajstić information content (AvgIpc) is 3.01.